The zero-order valence-electron chi connectivity index (χ0n) is 16.8. The van der Waals surface area contributed by atoms with Gasteiger partial charge in [-0.25, -0.2) is 4.39 Å². The Morgan fingerprint density at radius 3 is 2.69 bits per heavy atom. The van der Waals surface area contributed by atoms with Crippen molar-refractivity contribution in [1.82, 2.24) is 15.0 Å². The van der Waals surface area contributed by atoms with Crippen LogP contribution in [-0.2, 0) is 0 Å². The molecular formula is C22H19F4N3O3. The summed E-state index contributed by atoms with van der Waals surface area (Å²) in [5.74, 6) is -0.141. The second-order valence-electron chi connectivity index (χ2n) is 7.49. The summed E-state index contributed by atoms with van der Waals surface area (Å²) in [6.45, 7) is -0.502. The molecule has 1 saturated heterocycles. The average molecular weight is 449 g/mol. The van der Waals surface area contributed by atoms with Crippen molar-refractivity contribution in [1.29, 1.82) is 0 Å². The zero-order chi connectivity index (χ0) is 22.7. The fourth-order valence-corrected chi connectivity index (χ4v) is 3.55. The summed E-state index contributed by atoms with van der Waals surface area (Å²) < 4.78 is 60.3. The van der Waals surface area contributed by atoms with Crippen molar-refractivity contribution < 1.29 is 31.6 Å². The number of benzene rings is 2. The van der Waals surface area contributed by atoms with Gasteiger partial charge >= 0.3 is 6.18 Å². The number of amides is 1. The Balaban J connectivity index is 1.41. The highest BCUT2D eigenvalue weighted by Gasteiger charge is 2.30. The molecule has 0 bridgehead atoms. The lowest BCUT2D eigenvalue weighted by Gasteiger charge is -2.31. The third-order valence-corrected chi connectivity index (χ3v) is 5.09. The lowest BCUT2D eigenvalue weighted by molar-refractivity contribution is -0.153. The quantitative estimate of drug-likeness (QED) is 0.522. The smallest absolute Gasteiger partial charge is 0.422 e. The molecule has 0 N–H and O–H groups in total. The molecule has 0 saturated carbocycles. The number of aromatic nitrogens is 2. The molecule has 1 amide bonds. The normalized spacial score (nSPS) is 16.8. The molecule has 4 rings (SSSR count). The zero-order valence-corrected chi connectivity index (χ0v) is 16.8. The molecule has 32 heavy (non-hydrogen) atoms. The summed E-state index contributed by atoms with van der Waals surface area (Å²) in [5, 5.41) is 3.92. The molecule has 1 atom stereocenters. The summed E-state index contributed by atoms with van der Waals surface area (Å²) in [7, 11) is 0. The van der Waals surface area contributed by atoms with Crippen LogP contribution in [0.15, 0.2) is 53.1 Å². The predicted octanol–water partition coefficient (Wildman–Crippen LogP) is 4.84. The van der Waals surface area contributed by atoms with Crippen molar-refractivity contribution in [3.05, 3.63) is 65.8 Å². The van der Waals surface area contributed by atoms with Crippen LogP contribution in [0.3, 0.4) is 0 Å². The van der Waals surface area contributed by atoms with Crippen LogP contribution >= 0.6 is 0 Å². The Morgan fingerprint density at radius 2 is 1.97 bits per heavy atom. The van der Waals surface area contributed by atoms with Crippen LogP contribution in [0.4, 0.5) is 17.6 Å². The molecule has 2 heterocycles. The van der Waals surface area contributed by atoms with Crippen molar-refractivity contribution >= 4 is 5.91 Å². The third kappa shape index (κ3) is 5.24. The van der Waals surface area contributed by atoms with Crippen molar-refractivity contribution in [2.75, 3.05) is 19.7 Å². The lowest BCUT2D eigenvalue weighted by Crippen LogP contribution is -2.39. The molecule has 1 aliphatic heterocycles. The monoisotopic (exact) mass is 449 g/mol. The fourth-order valence-electron chi connectivity index (χ4n) is 3.55. The highest BCUT2D eigenvalue weighted by molar-refractivity contribution is 5.94. The van der Waals surface area contributed by atoms with E-state index in [1.807, 2.05) is 0 Å². The summed E-state index contributed by atoms with van der Waals surface area (Å²) in [4.78, 5) is 18.9. The Hall–Kier alpha value is -3.43. The van der Waals surface area contributed by atoms with Gasteiger partial charge in [-0.05, 0) is 49.2 Å². The van der Waals surface area contributed by atoms with E-state index >= 15 is 0 Å². The van der Waals surface area contributed by atoms with Gasteiger partial charge in [0, 0.05) is 24.2 Å². The second kappa shape index (κ2) is 8.97. The van der Waals surface area contributed by atoms with Gasteiger partial charge in [0.25, 0.3) is 5.91 Å². The summed E-state index contributed by atoms with van der Waals surface area (Å²) in [6.07, 6.45) is -2.96. The number of carbonyl (C=O) groups is 1. The van der Waals surface area contributed by atoms with Gasteiger partial charge in [0.05, 0.1) is 5.92 Å². The van der Waals surface area contributed by atoms with Gasteiger partial charge in [0.15, 0.2) is 6.61 Å². The molecule has 1 aliphatic rings. The first-order chi connectivity index (χ1) is 15.3. The molecule has 0 radical (unpaired) electrons. The average Bonchev–Trinajstić information content (AvgIpc) is 3.28. The second-order valence-corrected chi connectivity index (χ2v) is 7.49. The van der Waals surface area contributed by atoms with Gasteiger partial charge in [0.1, 0.15) is 11.6 Å². The van der Waals surface area contributed by atoms with Gasteiger partial charge < -0.3 is 14.2 Å². The number of hydrogen-bond donors (Lipinski definition) is 0. The SMILES string of the molecule is O=C(c1ccc(OCC(F)(F)F)cc1)N1CCCC(c2nc(-c3cccc(F)c3)no2)C1. The Bertz CT molecular complexity index is 1080. The number of piperidine rings is 1. The molecule has 6 nitrogen and oxygen atoms in total. The fraction of sp³-hybridized carbons (Fsp3) is 0.318. The maximum Gasteiger partial charge on any atom is 0.422 e. The standard InChI is InChI=1S/C22H19F4N3O3/c23-17-5-1-3-15(11-17)19-27-20(32-28-19)16-4-2-10-29(12-16)21(30)14-6-8-18(9-7-14)31-13-22(24,25)26/h1,3,5-9,11,16H,2,4,10,12-13H2. The van der Waals surface area contributed by atoms with Crippen molar-refractivity contribution in [3.8, 4) is 17.1 Å². The van der Waals surface area contributed by atoms with Crippen molar-refractivity contribution in [3.63, 3.8) is 0 Å². The molecular weight excluding hydrogens is 430 g/mol. The molecule has 0 spiro atoms. The van der Waals surface area contributed by atoms with Crippen LogP contribution in [0.25, 0.3) is 11.4 Å². The van der Waals surface area contributed by atoms with Crippen LogP contribution in [0.1, 0.15) is 35.0 Å². The van der Waals surface area contributed by atoms with Gasteiger partial charge in [-0.3, -0.25) is 4.79 Å². The maximum atomic E-state index is 13.4. The third-order valence-electron chi connectivity index (χ3n) is 5.09. The molecule has 2 aromatic carbocycles. The van der Waals surface area contributed by atoms with E-state index in [1.54, 1.807) is 17.0 Å². The van der Waals surface area contributed by atoms with Gasteiger partial charge in [-0.2, -0.15) is 18.2 Å². The predicted molar refractivity (Wildman–Crippen MR) is 106 cm³/mol. The van der Waals surface area contributed by atoms with Gasteiger partial charge in [-0.15, -0.1) is 0 Å². The number of rotatable bonds is 5. The molecule has 3 aromatic rings. The number of nitrogens with zero attached hydrogens (tertiary/aromatic N) is 3. The van der Waals surface area contributed by atoms with E-state index in [9.17, 15) is 22.4 Å². The molecule has 1 unspecified atom stereocenters. The number of likely N-dealkylation sites (tertiary alicyclic amines) is 1. The molecule has 1 fully saturated rings. The van der Waals surface area contributed by atoms with Crippen LogP contribution in [-0.4, -0.2) is 46.8 Å². The first kappa shape index (κ1) is 21.8. The maximum absolute atomic E-state index is 13.4. The van der Waals surface area contributed by atoms with Crippen LogP contribution in [0, 0.1) is 5.82 Å². The Kier molecular flexibility index (Phi) is 6.11. The summed E-state index contributed by atoms with van der Waals surface area (Å²) in [6, 6.07) is 11.4. The van der Waals surface area contributed by atoms with E-state index in [1.165, 1.54) is 36.4 Å². The van der Waals surface area contributed by atoms with Gasteiger partial charge in [-0.1, -0.05) is 17.3 Å². The number of halogens is 4. The summed E-state index contributed by atoms with van der Waals surface area (Å²) >= 11 is 0. The lowest BCUT2D eigenvalue weighted by atomic mass is 9.97. The Labute approximate surface area is 180 Å². The van der Waals surface area contributed by atoms with E-state index in [2.05, 4.69) is 14.9 Å². The topological polar surface area (TPSA) is 68.5 Å². The first-order valence-corrected chi connectivity index (χ1v) is 9.97. The van der Waals surface area contributed by atoms with E-state index < -0.39 is 18.6 Å². The minimum absolute atomic E-state index is 0.0335. The van der Waals surface area contributed by atoms with E-state index in [4.69, 9.17) is 4.52 Å². The van der Waals surface area contributed by atoms with E-state index in [0.717, 1.165) is 12.8 Å². The van der Waals surface area contributed by atoms with E-state index in [-0.39, 0.29) is 23.4 Å². The van der Waals surface area contributed by atoms with Gasteiger partial charge in [0.2, 0.25) is 11.7 Å². The van der Waals surface area contributed by atoms with Crippen LogP contribution in [0.5, 0.6) is 5.75 Å². The highest BCUT2D eigenvalue weighted by Crippen LogP contribution is 2.29. The molecule has 0 aliphatic carbocycles. The molecule has 168 valence electrons. The summed E-state index contributed by atoms with van der Waals surface area (Å²) in [5.41, 5.74) is 0.840. The van der Waals surface area contributed by atoms with E-state index in [0.29, 0.717) is 30.1 Å². The number of alkyl halides is 3. The van der Waals surface area contributed by atoms with Crippen molar-refractivity contribution in [2.24, 2.45) is 0 Å². The minimum atomic E-state index is -4.43. The minimum Gasteiger partial charge on any atom is -0.484 e. The molecule has 10 heteroatoms. The Morgan fingerprint density at radius 1 is 1.19 bits per heavy atom. The number of ether oxygens (including phenoxy) is 1. The first-order valence-electron chi connectivity index (χ1n) is 9.97. The van der Waals surface area contributed by atoms with Crippen LogP contribution in [0.2, 0.25) is 0 Å². The molecule has 1 aromatic heterocycles. The number of carbonyl (C=O) groups excluding carboxylic acids is 1. The van der Waals surface area contributed by atoms with Crippen molar-refractivity contribution in [2.45, 2.75) is 24.9 Å². The largest absolute Gasteiger partial charge is 0.484 e. The highest BCUT2D eigenvalue weighted by atomic mass is 19.4. The van der Waals surface area contributed by atoms with Crippen LogP contribution < -0.4 is 4.74 Å². The number of hydrogen-bond acceptors (Lipinski definition) is 5.